The maximum atomic E-state index is 12.8. The molecule has 1 N–H and O–H groups in total. The van der Waals surface area contributed by atoms with E-state index in [-0.39, 0.29) is 11.9 Å². The van der Waals surface area contributed by atoms with Crippen molar-refractivity contribution in [3.63, 3.8) is 0 Å². The molecule has 1 aromatic carbocycles. The predicted octanol–water partition coefficient (Wildman–Crippen LogP) is 3.10. The van der Waals surface area contributed by atoms with Gasteiger partial charge in [0.2, 0.25) is 0 Å². The zero-order valence-corrected chi connectivity index (χ0v) is 9.81. The molecule has 0 fully saturated rings. The average Bonchev–Trinajstić information content (AvgIpc) is 2.29. The van der Waals surface area contributed by atoms with Crippen LogP contribution in [0, 0.1) is 12.7 Å². The second-order valence-electron chi connectivity index (χ2n) is 4.04. The zero-order chi connectivity index (χ0) is 12.3. The number of hydrogen-bond acceptors (Lipinski definition) is 3. The van der Waals surface area contributed by atoms with Gasteiger partial charge in [-0.15, -0.1) is 5.10 Å². The summed E-state index contributed by atoms with van der Waals surface area (Å²) < 4.78 is 12.8. The molecule has 0 aliphatic heterocycles. The van der Waals surface area contributed by atoms with Gasteiger partial charge in [-0.1, -0.05) is 12.1 Å². The smallest absolute Gasteiger partial charge is 0.149 e. The predicted molar refractivity (Wildman–Crippen MR) is 65.2 cm³/mol. The molecular formula is C13H14FN3. The Morgan fingerprint density at radius 2 is 1.94 bits per heavy atom. The number of nitrogens with zero attached hydrogens (tertiary/aromatic N) is 2. The standard InChI is InChI=1S/C13H14FN3/c1-9-7-13(17-15-8-9)16-10(2)11-3-5-12(14)6-4-11/h3-8,10H,1-2H3,(H,16,17). The highest BCUT2D eigenvalue weighted by atomic mass is 19.1. The van der Waals surface area contributed by atoms with Crippen LogP contribution in [0.4, 0.5) is 10.2 Å². The zero-order valence-electron chi connectivity index (χ0n) is 9.81. The van der Waals surface area contributed by atoms with E-state index in [4.69, 9.17) is 0 Å². The van der Waals surface area contributed by atoms with Crippen molar-refractivity contribution in [2.75, 3.05) is 5.32 Å². The lowest BCUT2D eigenvalue weighted by Gasteiger charge is -2.14. The highest BCUT2D eigenvalue weighted by Gasteiger charge is 2.06. The van der Waals surface area contributed by atoms with Crippen molar-refractivity contribution in [1.82, 2.24) is 10.2 Å². The number of halogens is 1. The lowest BCUT2D eigenvalue weighted by Crippen LogP contribution is -2.08. The van der Waals surface area contributed by atoms with Crippen LogP contribution in [-0.2, 0) is 0 Å². The molecule has 0 saturated carbocycles. The van der Waals surface area contributed by atoms with Crippen LogP contribution in [0.3, 0.4) is 0 Å². The minimum absolute atomic E-state index is 0.0618. The largest absolute Gasteiger partial charge is 0.362 e. The molecule has 0 bridgehead atoms. The van der Waals surface area contributed by atoms with E-state index in [1.807, 2.05) is 19.9 Å². The fourth-order valence-corrected chi connectivity index (χ4v) is 1.59. The summed E-state index contributed by atoms with van der Waals surface area (Å²) in [5.41, 5.74) is 2.06. The molecule has 0 radical (unpaired) electrons. The van der Waals surface area contributed by atoms with Crippen molar-refractivity contribution in [2.45, 2.75) is 19.9 Å². The van der Waals surface area contributed by atoms with Gasteiger partial charge in [0.15, 0.2) is 0 Å². The van der Waals surface area contributed by atoms with Crippen molar-refractivity contribution >= 4 is 5.82 Å². The normalized spacial score (nSPS) is 12.2. The van der Waals surface area contributed by atoms with E-state index >= 15 is 0 Å². The van der Waals surface area contributed by atoms with E-state index in [0.717, 1.165) is 16.9 Å². The molecule has 0 spiro atoms. The Morgan fingerprint density at radius 1 is 1.24 bits per heavy atom. The Labute approximate surface area is 99.7 Å². The summed E-state index contributed by atoms with van der Waals surface area (Å²) in [5.74, 6) is 0.498. The molecule has 1 heterocycles. The van der Waals surface area contributed by atoms with Crippen molar-refractivity contribution in [2.24, 2.45) is 0 Å². The van der Waals surface area contributed by atoms with Gasteiger partial charge in [-0.2, -0.15) is 5.10 Å². The van der Waals surface area contributed by atoms with Crippen LogP contribution in [-0.4, -0.2) is 10.2 Å². The molecule has 0 aliphatic rings. The molecule has 1 unspecified atom stereocenters. The number of aryl methyl sites for hydroxylation is 1. The van der Waals surface area contributed by atoms with E-state index in [2.05, 4.69) is 15.5 Å². The van der Waals surface area contributed by atoms with Gasteiger partial charge < -0.3 is 5.32 Å². The Hall–Kier alpha value is -1.97. The van der Waals surface area contributed by atoms with E-state index in [9.17, 15) is 4.39 Å². The monoisotopic (exact) mass is 231 g/mol. The third kappa shape index (κ3) is 3.00. The van der Waals surface area contributed by atoms with Gasteiger partial charge in [0.1, 0.15) is 11.6 Å². The molecular weight excluding hydrogens is 217 g/mol. The molecule has 0 saturated heterocycles. The van der Waals surface area contributed by atoms with E-state index in [1.165, 1.54) is 12.1 Å². The lowest BCUT2D eigenvalue weighted by molar-refractivity contribution is 0.626. The molecule has 88 valence electrons. The topological polar surface area (TPSA) is 37.8 Å². The summed E-state index contributed by atoms with van der Waals surface area (Å²) in [4.78, 5) is 0. The van der Waals surface area contributed by atoms with Crippen molar-refractivity contribution in [3.8, 4) is 0 Å². The first-order valence-electron chi connectivity index (χ1n) is 5.46. The Bertz CT molecular complexity index is 496. The van der Waals surface area contributed by atoms with Gasteiger partial charge in [-0.3, -0.25) is 0 Å². The number of rotatable bonds is 3. The molecule has 2 rings (SSSR count). The van der Waals surface area contributed by atoms with Gasteiger partial charge >= 0.3 is 0 Å². The molecule has 4 heteroatoms. The first-order chi connectivity index (χ1) is 8.15. The highest BCUT2D eigenvalue weighted by Crippen LogP contribution is 2.17. The summed E-state index contributed by atoms with van der Waals surface area (Å²) in [6, 6.07) is 8.41. The van der Waals surface area contributed by atoms with E-state index < -0.39 is 0 Å². The SMILES string of the molecule is Cc1cnnc(NC(C)c2ccc(F)cc2)c1. The van der Waals surface area contributed by atoms with Gasteiger partial charge in [0.25, 0.3) is 0 Å². The van der Waals surface area contributed by atoms with E-state index in [0.29, 0.717) is 0 Å². The number of benzene rings is 1. The van der Waals surface area contributed by atoms with Crippen LogP contribution >= 0.6 is 0 Å². The van der Waals surface area contributed by atoms with Crippen LogP contribution < -0.4 is 5.32 Å². The van der Waals surface area contributed by atoms with Gasteiger partial charge in [0, 0.05) is 0 Å². The quantitative estimate of drug-likeness (QED) is 0.882. The molecule has 3 nitrogen and oxygen atoms in total. The number of anilines is 1. The number of nitrogens with one attached hydrogen (secondary N) is 1. The third-order valence-electron chi connectivity index (χ3n) is 2.53. The maximum absolute atomic E-state index is 12.8. The van der Waals surface area contributed by atoms with Gasteiger partial charge in [0.05, 0.1) is 12.2 Å². The maximum Gasteiger partial charge on any atom is 0.149 e. The Balaban J connectivity index is 2.11. The van der Waals surface area contributed by atoms with Crippen molar-refractivity contribution < 1.29 is 4.39 Å². The number of aromatic nitrogens is 2. The second kappa shape index (κ2) is 4.91. The lowest BCUT2D eigenvalue weighted by atomic mass is 10.1. The Morgan fingerprint density at radius 3 is 2.59 bits per heavy atom. The van der Waals surface area contributed by atoms with E-state index in [1.54, 1.807) is 18.3 Å². The Kier molecular flexibility index (Phi) is 3.32. The first-order valence-corrected chi connectivity index (χ1v) is 5.46. The average molecular weight is 231 g/mol. The summed E-state index contributed by atoms with van der Waals surface area (Å²) in [6.07, 6.45) is 1.70. The molecule has 17 heavy (non-hydrogen) atoms. The molecule has 1 atom stereocenters. The summed E-state index contributed by atoms with van der Waals surface area (Å²) in [5, 5.41) is 11.1. The van der Waals surface area contributed by atoms with Crippen LogP contribution in [0.25, 0.3) is 0 Å². The summed E-state index contributed by atoms with van der Waals surface area (Å²) >= 11 is 0. The van der Waals surface area contributed by atoms with Crippen LogP contribution in [0.2, 0.25) is 0 Å². The molecule has 1 aromatic heterocycles. The molecule has 0 amide bonds. The van der Waals surface area contributed by atoms with Gasteiger partial charge in [-0.05, 0) is 43.2 Å². The van der Waals surface area contributed by atoms with Crippen molar-refractivity contribution in [3.05, 3.63) is 53.5 Å². The fraction of sp³-hybridized carbons (Fsp3) is 0.231. The molecule has 0 aliphatic carbocycles. The highest BCUT2D eigenvalue weighted by molar-refractivity contribution is 5.38. The summed E-state index contributed by atoms with van der Waals surface area (Å²) in [6.45, 7) is 3.96. The second-order valence-corrected chi connectivity index (χ2v) is 4.04. The minimum Gasteiger partial charge on any atom is -0.362 e. The number of hydrogen-bond donors (Lipinski definition) is 1. The van der Waals surface area contributed by atoms with Crippen LogP contribution in [0.5, 0.6) is 0 Å². The van der Waals surface area contributed by atoms with Gasteiger partial charge in [-0.25, -0.2) is 4.39 Å². The van der Waals surface area contributed by atoms with Crippen LogP contribution in [0.1, 0.15) is 24.1 Å². The van der Waals surface area contributed by atoms with Crippen molar-refractivity contribution in [1.29, 1.82) is 0 Å². The summed E-state index contributed by atoms with van der Waals surface area (Å²) in [7, 11) is 0. The third-order valence-corrected chi connectivity index (χ3v) is 2.53. The molecule has 2 aromatic rings. The minimum atomic E-state index is -0.226. The van der Waals surface area contributed by atoms with Crippen LogP contribution in [0.15, 0.2) is 36.5 Å². The first kappa shape index (κ1) is 11.5. The fourth-order valence-electron chi connectivity index (χ4n) is 1.59.